The molecule has 0 radical (unpaired) electrons. The van der Waals surface area contributed by atoms with Gasteiger partial charge in [-0.15, -0.1) is 0 Å². The van der Waals surface area contributed by atoms with Crippen molar-refractivity contribution in [2.24, 2.45) is 0 Å². The zero-order chi connectivity index (χ0) is 13.4. The van der Waals surface area contributed by atoms with Crippen LogP contribution in [0.5, 0.6) is 0 Å². The first-order valence-corrected chi connectivity index (χ1v) is 7.69. The van der Waals surface area contributed by atoms with Gasteiger partial charge < -0.3 is 5.32 Å². The first-order chi connectivity index (χ1) is 9.15. The summed E-state index contributed by atoms with van der Waals surface area (Å²) in [5.41, 5.74) is 3.68. The average molecular weight is 357 g/mol. The fourth-order valence-corrected chi connectivity index (χ4v) is 3.60. The van der Waals surface area contributed by atoms with E-state index in [4.69, 9.17) is 23.2 Å². The molecule has 0 saturated carbocycles. The van der Waals surface area contributed by atoms with Crippen LogP contribution in [0, 0.1) is 0 Å². The summed E-state index contributed by atoms with van der Waals surface area (Å²) in [5, 5.41) is 4.83. The second-order valence-corrected chi connectivity index (χ2v) is 6.37. The van der Waals surface area contributed by atoms with Crippen molar-refractivity contribution in [3.05, 3.63) is 62.0 Å². The Kier molecular flexibility index (Phi) is 3.75. The van der Waals surface area contributed by atoms with Crippen molar-refractivity contribution in [3.63, 3.8) is 0 Å². The monoisotopic (exact) mass is 355 g/mol. The highest BCUT2D eigenvalue weighted by Crippen LogP contribution is 2.39. The van der Waals surface area contributed by atoms with Crippen molar-refractivity contribution >= 4 is 44.8 Å². The Hall–Kier alpha value is -0.700. The van der Waals surface area contributed by atoms with Gasteiger partial charge >= 0.3 is 0 Å². The predicted molar refractivity (Wildman–Crippen MR) is 85.3 cm³/mol. The molecule has 2 aromatic rings. The van der Waals surface area contributed by atoms with E-state index in [0.29, 0.717) is 16.1 Å². The lowest BCUT2D eigenvalue weighted by Gasteiger charge is -2.17. The molecular formula is C15H12BrCl2N. The normalized spacial score (nSPS) is 17.3. The summed E-state index contributed by atoms with van der Waals surface area (Å²) >= 11 is 15.7. The SMILES string of the molecule is Clc1ccc(NC2CCc3c(Br)cccc32)c(Cl)c1. The molecule has 0 saturated heterocycles. The minimum absolute atomic E-state index is 0.311. The zero-order valence-electron chi connectivity index (χ0n) is 10.1. The van der Waals surface area contributed by atoms with Gasteiger partial charge in [0.2, 0.25) is 0 Å². The molecule has 1 aliphatic rings. The van der Waals surface area contributed by atoms with Gasteiger partial charge in [0, 0.05) is 9.50 Å². The van der Waals surface area contributed by atoms with Crippen LogP contribution in [0.2, 0.25) is 10.0 Å². The second kappa shape index (κ2) is 5.35. The smallest absolute Gasteiger partial charge is 0.0652 e. The minimum Gasteiger partial charge on any atom is -0.377 e. The van der Waals surface area contributed by atoms with Gasteiger partial charge in [-0.1, -0.05) is 51.3 Å². The molecule has 19 heavy (non-hydrogen) atoms. The quantitative estimate of drug-likeness (QED) is 0.711. The molecular weight excluding hydrogens is 345 g/mol. The third-order valence-electron chi connectivity index (χ3n) is 3.47. The van der Waals surface area contributed by atoms with E-state index < -0.39 is 0 Å². The van der Waals surface area contributed by atoms with E-state index in [0.717, 1.165) is 18.5 Å². The fraction of sp³-hybridized carbons (Fsp3) is 0.200. The van der Waals surface area contributed by atoms with Crippen LogP contribution < -0.4 is 5.32 Å². The number of hydrogen-bond acceptors (Lipinski definition) is 1. The summed E-state index contributed by atoms with van der Waals surface area (Å²) in [6, 6.07) is 12.2. The molecule has 1 unspecified atom stereocenters. The van der Waals surface area contributed by atoms with Crippen molar-refractivity contribution < 1.29 is 0 Å². The Morgan fingerprint density at radius 3 is 2.79 bits per heavy atom. The van der Waals surface area contributed by atoms with Crippen LogP contribution in [0.15, 0.2) is 40.9 Å². The Morgan fingerprint density at radius 2 is 2.00 bits per heavy atom. The van der Waals surface area contributed by atoms with Gasteiger partial charge in [-0.05, 0) is 48.2 Å². The van der Waals surface area contributed by atoms with Crippen LogP contribution in [0.25, 0.3) is 0 Å². The summed E-state index contributed by atoms with van der Waals surface area (Å²) in [6.07, 6.45) is 2.16. The summed E-state index contributed by atoms with van der Waals surface area (Å²) in [6.45, 7) is 0. The van der Waals surface area contributed by atoms with Crippen molar-refractivity contribution in [2.45, 2.75) is 18.9 Å². The van der Waals surface area contributed by atoms with Crippen molar-refractivity contribution in [2.75, 3.05) is 5.32 Å². The van der Waals surface area contributed by atoms with Gasteiger partial charge in [-0.3, -0.25) is 0 Å². The Morgan fingerprint density at radius 1 is 1.16 bits per heavy atom. The zero-order valence-corrected chi connectivity index (χ0v) is 13.2. The van der Waals surface area contributed by atoms with Crippen molar-refractivity contribution in [1.82, 2.24) is 0 Å². The Labute approximate surface area is 131 Å². The topological polar surface area (TPSA) is 12.0 Å². The average Bonchev–Trinajstić information content (AvgIpc) is 2.78. The van der Waals surface area contributed by atoms with E-state index in [-0.39, 0.29) is 0 Å². The molecule has 2 aromatic carbocycles. The van der Waals surface area contributed by atoms with E-state index in [9.17, 15) is 0 Å². The van der Waals surface area contributed by atoms with E-state index in [1.165, 1.54) is 15.6 Å². The number of fused-ring (bicyclic) bond motifs is 1. The summed E-state index contributed by atoms with van der Waals surface area (Å²) in [4.78, 5) is 0. The highest BCUT2D eigenvalue weighted by molar-refractivity contribution is 9.10. The molecule has 98 valence electrons. The van der Waals surface area contributed by atoms with E-state index in [1.807, 2.05) is 12.1 Å². The molecule has 0 heterocycles. The molecule has 3 rings (SSSR count). The maximum atomic E-state index is 6.21. The largest absolute Gasteiger partial charge is 0.377 e. The molecule has 1 aliphatic carbocycles. The molecule has 1 nitrogen and oxygen atoms in total. The molecule has 0 bridgehead atoms. The Bertz CT molecular complexity index is 628. The van der Waals surface area contributed by atoms with Crippen molar-refractivity contribution in [1.29, 1.82) is 0 Å². The molecule has 0 aromatic heterocycles. The van der Waals surface area contributed by atoms with Gasteiger partial charge in [0.1, 0.15) is 0 Å². The van der Waals surface area contributed by atoms with Gasteiger partial charge in [0.15, 0.2) is 0 Å². The molecule has 0 aliphatic heterocycles. The van der Waals surface area contributed by atoms with Crippen LogP contribution >= 0.6 is 39.1 Å². The third kappa shape index (κ3) is 2.62. The molecule has 0 spiro atoms. The van der Waals surface area contributed by atoms with Crippen LogP contribution in [-0.2, 0) is 6.42 Å². The summed E-state index contributed by atoms with van der Waals surface area (Å²) < 4.78 is 1.19. The minimum atomic E-state index is 0.311. The maximum Gasteiger partial charge on any atom is 0.0652 e. The molecule has 0 amide bonds. The molecule has 4 heteroatoms. The van der Waals surface area contributed by atoms with Gasteiger partial charge in [0.25, 0.3) is 0 Å². The number of hydrogen-bond donors (Lipinski definition) is 1. The first kappa shape index (κ1) is 13.3. The summed E-state index contributed by atoms with van der Waals surface area (Å²) in [5.74, 6) is 0. The standard InChI is InChI=1S/C15H12BrCl2N/c16-12-3-1-2-11-10(12)5-7-14(11)19-15-6-4-9(17)8-13(15)18/h1-4,6,8,14,19H,5,7H2. The lowest BCUT2D eigenvalue weighted by atomic mass is 10.1. The first-order valence-electron chi connectivity index (χ1n) is 6.14. The molecule has 0 fully saturated rings. The van der Waals surface area contributed by atoms with E-state index >= 15 is 0 Å². The molecule has 1 atom stereocenters. The number of anilines is 1. The maximum absolute atomic E-state index is 6.21. The highest BCUT2D eigenvalue weighted by Gasteiger charge is 2.24. The number of rotatable bonds is 2. The second-order valence-electron chi connectivity index (χ2n) is 4.67. The lowest BCUT2D eigenvalue weighted by molar-refractivity contribution is 0.762. The van der Waals surface area contributed by atoms with Gasteiger partial charge in [0.05, 0.1) is 16.8 Å². The van der Waals surface area contributed by atoms with E-state index in [1.54, 1.807) is 6.07 Å². The fourth-order valence-electron chi connectivity index (χ4n) is 2.55. The number of halogens is 3. The van der Waals surface area contributed by atoms with Gasteiger partial charge in [-0.2, -0.15) is 0 Å². The van der Waals surface area contributed by atoms with Crippen LogP contribution in [0.4, 0.5) is 5.69 Å². The lowest BCUT2D eigenvalue weighted by Crippen LogP contribution is -2.07. The number of nitrogens with one attached hydrogen (secondary N) is 1. The van der Waals surface area contributed by atoms with Crippen molar-refractivity contribution in [3.8, 4) is 0 Å². The molecule has 1 N–H and O–H groups in total. The van der Waals surface area contributed by atoms with E-state index in [2.05, 4.69) is 39.4 Å². The Balaban J connectivity index is 1.89. The third-order valence-corrected chi connectivity index (χ3v) is 4.77. The predicted octanol–water partition coefficient (Wildman–Crippen LogP) is 5.86. The summed E-state index contributed by atoms with van der Waals surface area (Å²) in [7, 11) is 0. The van der Waals surface area contributed by atoms with Crippen LogP contribution in [-0.4, -0.2) is 0 Å². The van der Waals surface area contributed by atoms with Gasteiger partial charge in [-0.25, -0.2) is 0 Å². The van der Waals surface area contributed by atoms with Crippen LogP contribution in [0.3, 0.4) is 0 Å². The van der Waals surface area contributed by atoms with Crippen LogP contribution in [0.1, 0.15) is 23.6 Å². The number of benzene rings is 2. The highest BCUT2D eigenvalue weighted by atomic mass is 79.9.